The van der Waals surface area contributed by atoms with E-state index in [1.165, 1.54) is 0 Å². The van der Waals surface area contributed by atoms with Crippen molar-refractivity contribution in [3.8, 4) is 0 Å². The molecule has 0 spiro atoms. The fraction of sp³-hybridized carbons (Fsp3) is 0.714. The molecule has 5 nitrogen and oxygen atoms in total. The molecule has 1 aromatic heterocycles. The first-order valence-electron chi connectivity index (χ1n) is 6.98. The molecule has 1 aliphatic heterocycles. The summed E-state index contributed by atoms with van der Waals surface area (Å²) in [5.74, 6) is 0.402. The van der Waals surface area contributed by atoms with Crippen LogP contribution in [0.5, 0.6) is 0 Å². The number of ether oxygens (including phenoxy) is 1. The number of aromatic amines is 1. The number of aromatic nitrogens is 2. The third kappa shape index (κ3) is 3.52. The van der Waals surface area contributed by atoms with Gasteiger partial charge in [0.2, 0.25) is 0 Å². The van der Waals surface area contributed by atoms with Crippen molar-refractivity contribution in [2.45, 2.75) is 39.7 Å². The predicted octanol–water partition coefficient (Wildman–Crippen LogP) is 2.68. The van der Waals surface area contributed by atoms with E-state index in [4.69, 9.17) is 16.3 Å². The average molecular weight is 300 g/mol. The number of nitrogens with one attached hydrogen (secondary N) is 2. The lowest BCUT2D eigenvalue weighted by Gasteiger charge is -2.40. The average Bonchev–Trinajstić information content (AvgIpc) is 2.40. The summed E-state index contributed by atoms with van der Waals surface area (Å²) in [6, 6.07) is 0. The van der Waals surface area contributed by atoms with E-state index in [1.807, 2.05) is 0 Å². The molecule has 0 aliphatic carbocycles. The normalized spacial score (nSPS) is 23.6. The van der Waals surface area contributed by atoms with E-state index in [1.54, 1.807) is 6.20 Å². The van der Waals surface area contributed by atoms with Crippen LogP contribution in [-0.4, -0.2) is 29.5 Å². The minimum atomic E-state index is -0.371. The zero-order valence-electron chi connectivity index (χ0n) is 12.2. The molecule has 0 amide bonds. The first kappa shape index (κ1) is 15.3. The number of hydrogen-bond acceptors (Lipinski definition) is 4. The Hall–Kier alpha value is -1.07. The number of rotatable bonds is 3. The molecule has 1 aromatic rings. The van der Waals surface area contributed by atoms with Crippen LogP contribution in [0.15, 0.2) is 11.0 Å². The van der Waals surface area contributed by atoms with Gasteiger partial charge in [0.05, 0.1) is 18.0 Å². The zero-order chi connectivity index (χ0) is 14.8. The molecule has 112 valence electrons. The van der Waals surface area contributed by atoms with Crippen molar-refractivity contribution in [2.75, 3.05) is 18.5 Å². The van der Waals surface area contributed by atoms with Crippen LogP contribution in [0.2, 0.25) is 5.02 Å². The fourth-order valence-electron chi connectivity index (χ4n) is 2.76. The van der Waals surface area contributed by atoms with Crippen molar-refractivity contribution in [3.05, 3.63) is 21.6 Å². The van der Waals surface area contributed by atoms with Crippen LogP contribution in [0, 0.1) is 11.3 Å². The van der Waals surface area contributed by atoms with Crippen LogP contribution >= 0.6 is 11.6 Å². The van der Waals surface area contributed by atoms with E-state index in [0.717, 1.165) is 26.0 Å². The lowest BCUT2D eigenvalue weighted by atomic mass is 9.78. The predicted molar refractivity (Wildman–Crippen MR) is 80.3 cm³/mol. The van der Waals surface area contributed by atoms with Gasteiger partial charge in [-0.15, -0.1) is 0 Å². The summed E-state index contributed by atoms with van der Waals surface area (Å²) in [5, 5.41) is 9.46. The topological polar surface area (TPSA) is 67.0 Å². The molecule has 2 N–H and O–H groups in total. The van der Waals surface area contributed by atoms with Crippen LogP contribution in [0.3, 0.4) is 0 Å². The molecule has 0 radical (unpaired) electrons. The highest BCUT2D eigenvalue weighted by molar-refractivity contribution is 6.32. The summed E-state index contributed by atoms with van der Waals surface area (Å²) in [7, 11) is 0. The second kappa shape index (κ2) is 6.14. The summed E-state index contributed by atoms with van der Waals surface area (Å²) in [6.45, 7) is 8.13. The lowest BCUT2D eigenvalue weighted by molar-refractivity contribution is -0.0814. The van der Waals surface area contributed by atoms with E-state index in [2.05, 4.69) is 36.3 Å². The van der Waals surface area contributed by atoms with Crippen LogP contribution in [0.1, 0.15) is 33.6 Å². The molecule has 20 heavy (non-hydrogen) atoms. The quantitative estimate of drug-likeness (QED) is 0.900. The Morgan fingerprint density at radius 3 is 3.00 bits per heavy atom. The maximum absolute atomic E-state index is 11.4. The van der Waals surface area contributed by atoms with Gasteiger partial charge in [0, 0.05) is 19.1 Å². The van der Waals surface area contributed by atoms with Gasteiger partial charge in [-0.3, -0.25) is 4.79 Å². The van der Waals surface area contributed by atoms with Crippen molar-refractivity contribution in [1.29, 1.82) is 0 Å². The molecule has 1 saturated heterocycles. The van der Waals surface area contributed by atoms with Crippen molar-refractivity contribution < 1.29 is 4.74 Å². The second-order valence-electron chi connectivity index (χ2n) is 6.37. The largest absolute Gasteiger partial charge is 0.382 e. The minimum Gasteiger partial charge on any atom is -0.382 e. The summed E-state index contributed by atoms with van der Waals surface area (Å²) < 4.78 is 5.94. The van der Waals surface area contributed by atoms with Crippen molar-refractivity contribution in [3.63, 3.8) is 0 Å². The van der Waals surface area contributed by atoms with E-state index < -0.39 is 0 Å². The van der Waals surface area contributed by atoms with E-state index >= 15 is 0 Å². The van der Waals surface area contributed by atoms with Crippen molar-refractivity contribution >= 4 is 17.3 Å². The Balaban J connectivity index is 2.05. The molecule has 2 unspecified atom stereocenters. The van der Waals surface area contributed by atoms with Gasteiger partial charge in [0.15, 0.2) is 0 Å². The molecule has 0 bridgehead atoms. The summed E-state index contributed by atoms with van der Waals surface area (Å²) >= 11 is 5.96. The molecule has 6 heteroatoms. The standard InChI is InChI=1S/C14H22ClN3O2/c1-14(2,3)12-9(5-4-6-20-12)7-16-10-8-17-18-13(19)11(10)15/h8-9,12H,4-7H2,1-3H3,(H2,16,18,19). The maximum Gasteiger partial charge on any atom is 0.285 e. The van der Waals surface area contributed by atoms with Crippen LogP contribution in [0.4, 0.5) is 5.69 Å². The lowest BCUT2D eigenvalue weighted by Crippen LogP contribution is -2.42. The second-order valence-corrected chi connectivity index (χ2v) is 6.75. The minimum absolute atomic E-state index is 0.100. The SMILES string of the molecule is CC(C)(C)C1OCCCC1CNc1cn[nH]c(=O)c1Cl. The van der Waals surface area contributed by atoms with Gasteiger partial charge in [-0.1, -0.05) is 32.4 Å². The van der Waals surface area contributed by atoms with E-state index in [9.17, 15) is 4.79 Å². The highest BCUT2D eigenvalue weighted by Gasteiger charge is 2.35. The van der Waals surface area contributed by atoms with Crippen molar-refractivity contribution in [1.82, 2.24) is 10.2 Å². The highest BCUT2D eigenvalue weighted by Crippen LogP contribution is 2.34. The molecule has 0 aromatic carbocycles. The summed E-state index contributed by atoms with van der Waals surface area (Å²) in [4.78, 5) is 11.4. The summed E-state index contributed by atoms with van der Waals surface area (Å²) in [6.07, 6.45) is 3.93. The number of halogens is 1. The van der Waals surface area contributed by atoms with Gasteiger partial charge >= 0.3 is 0 Å². The Morgan fingerprint density at radius 1 is 1.55 bits per heavy atom. The number of nitrogens with zero attached hydrogens (tertiary/aromatic N) is 1. The number of hydrogen-bond donors (Lipinski definition) is 2. The van der Waals surface area contributed by atoms with Crippen molar-refractivity contribution in [2.24, 2.45) is 11.3 Å². The van der Waals surface area contributed by atoms with Gasteiger partial charge in [0.1, 0.15) is 5.02 Å². The maximum atomic E-state index is 11.4. The molecule has 2 heterocycles. The van der Waals surface area contributed by atoms with Gasteiger partial charge < -0.3 is 10.1 Å². The Bertz CT molecular complexity index is 510. The number of H-pyrrole nitrogens is 1. The molecular weight excluding hydrogens is 278 g/mol. The smallest absolute Gasteiger partial charge is 0.285 e. The molecule has 1 fully saturated rings. The van der Waals surface area contributed by atoms with Gasteiger partial charge in [-0.05, 0) is 18.3 Å². The Morgan fingerprint density at radius 2 is 2.30 bits per heavy atom. The van der Waals surface area contributed by atoms with E-state index in [0.29, 0.717) is 11.6 Å². The Kier molecular flexibility index (Phi) is 4.70. The zero-order valence-corrected chi connectivity index (χ0v) is 13.0. The van der Waals surface area contributed by atoms with Gasteiger partial charge in [-0.2, -0.15) is 5.10 Å². The first-order chi connectivity index (χ1) is 9.39. The van der Waals surface area contributed by atoms with Gasteiger partial charge in [0.25, 0.3) is 5.56 Å². The Labute approximate surface area is 124 Å². The van der Waals surface area contributed by atoms with E-state index in [-0.39, 0.29) is 22.1 Å². The van der Waals surface area contributed by atoms with Gasteiger partial charge in [-0.25, -0.2) is 5.10 Å². The fourth-order valence-corrected chi connectivity index (χ4v) is 2.92. The molecule has 2 atom stereocenters. The highest BCUT2D eigenvalue weighted by atomic mass is 35.5. The first-order valence-corrected chi connectivity index (χ1v) is 7.36. The summed E-state index contributed by atoms with van der Waals surface area (Å²) in [5.41, 5.74) is 0.306. The van der Waals surface area contributed by atoms with Crippen LogP contribution < -0.4 is 10.9 Å². The monoisotopic (exact) mass is 299 g/mol. The molecular formula is C14H22ClN3O2. The van der Waals surface area contributed by atoms with Crippen LogP contribution in [0.25, 0.3) is 0 Å². The van der Waals surface area contributed by atoms with Crippen LogP contribution in [-0.2, 0) is 4.74 Å². The number of anilines is 1. The molecule has 2 rings (SSSR count). The third-order valence-corrected chi connectivity index (χ3v) is 4.02. The third-order valence-electron chi connectivity index (χ3n) is 3.65. The molecule has 0 saturated carbocycles. The molecule has 1 aliphatic rings.